The van der Waals surface area contributed by atoms with E-state index >= 15 is 0 Å². The molecule has 0 aliphatic heterocycles. The summed E-state index contributed by atoms with van der Waals surface area (Å²) in [6.07, 6.45) is 0. The van der Waals surface area contributed by atoms with Crippen LogP contribution in [0.4, 0.5) is 0 Å². The summed E-state index contributed by atoms with van der Waals surface area (Å²) < 4.78 is 0. The minimum absolute atomic E-state index is 0.207. The molecule has 0 atom stereocenters. The van der Waals surface area contributed by atoms with Crippen molar-refractivity contribution in [1.29, 1.82) is 0 Å². The molecule has 0 saturated heterocycles. The maximum Gasteiger partial charge on any atom is 0.164 e. The SMILES string of the molecule is CC1(C)c2cc(-c3ccc(-c4nc(-c5ccccc5)nc(-c5ccc(-c6ccccc6)cc5)n4)cc3)c3ccccc3c2-c2c1c1ccccc1c1ccccc21. The minimum Gasteiger partial charge on any atom is -0.208 e. The van der Waals surface area contributed by atoms with Crippen LogP contribution in [0.15, 0.2) is 188 Å². The van der Waals surface area contributed by atoms with Crippen LogP contribution in [0.1, 0.15) is 25.0 Å². The first-order valence-electron chi connectivity index (χ1n) is 19.6. The summed E-state index contributed by atoms with van der Waals surface area (Å²) in [6, 6.07) is 67.1. The Kier molecular flexibility index (Phi) is 7.52. The first-order valence-corrected chi connectivity index (χ1v) is 19.6. The molecule has 1 aliphatic rings. The van der Waals surface area contributed by atoms with Crippen LogP contribution in [0.2, 0.25) is 0 Å². The Morgan fingerprint density at radius 1 is 0.316 bits per heavy atom. The molecule has 0 saturated carbocycles. The van der Waals surface area contributed by atoms with Crippen LogP contribution in [-0.4, -0.2) is 15.0 Å². The number of hydrogen-bond acceptors (Lipinski definition) is 3. The molecular formula is C54H37N3. The van der Waals surface area contributed by atoms with Crippen molar-refractivity contribution in [3.8, 4) is 67.5 Å². The fourth-order valence-electron chi connectivity index (χ4n) is 9.15. The molecule has 1 heterocycles. The van der Waals surface area contributed by atoms with Gasteiger partial charge in [-0.25, -0.2) is 15.0 Å². The Labute approximate surface area is 332 Å². The summed E-state index contributed by atoms with van der Waals surface area (Å²) in [4.78, 5) is 15.1. The fraction of sp³-hybridized carbons (Fsp3) is 0.0556. The monoisotopic (exact) mass is 727 g/mol. The Bertz CT molecular complexity index is 3170. The van der Waals surface area contributed by atoms with E-state index in [4.69, 9.17) is 15.0 Å². The van der Waals surface area contributed by atoms with Gasteiger partial charge in [0.2, 0.25) is 0 Å². The maximum atomic E-state index is 5.07. The molecule has 9 aromatic carbocycles. The molecule has 3 nitrogen and oxygen atoms in total. The van der Waals surface area contributed by atoms with Gasteiger partial charge in [0, 0.05) is 22.1 Å². The average molecular weight is 728 g/mol. The van der Waals surface area contributed by atoms with E-state index in [0.717, 1.165) is 27.8 Å². The van der Waals surface area contributed by atoms with Gasteiger partial charge in [-0.05, 0) is 82.9 Å². The Morgan fingerprint density at radius 2 is 0.684 bits per heavy atom. The molecule has 11 rings (SSSR count). The third-order valence-corrected chi connectivity index (χ3v) is 11.9. The van der Waals surface area contributed by atoms with Gasteiger partial charge < -0.3 is 0 Å². The largest absolute Gasteiger partial charge is 0.208 e. The highest BCUT2D eigenvalue weighted by molar-refractivity contribution is 6.22. The van der Waals surface area contributed by atoms with E-state index in [1.807, 2.05) is 24.3 Å². The second-order valence-corrected chi connectivity index (χ2v) is 15.6. The van der Waals surface area contributed by atoms with Crippen LogP contribution in [-0.2, 0) is 5.41 Å². The highest BCUT2D eigenvalue weighted by atomic mass is 15.0. The van der Waals surface area contributed by atoms with Crippen LogP contribution in [0, 0.1) is 0 Å². The molecule has 0 bridgehead atoms. The highest BCUT2D eigenvalue weighted by Gasteiger charge is 2.40. The first kappa shape index (κ1) is 33.1. The van der Waals surface area contributed by atoms with Crippen LogP contribution >= 0.6 is 0 Å². The van der Waals surface area contributed by atoms with Gasteiger partial charge in [-0.2, -0.15) is 0 Å². The Morgan fingerprint density at radius 3 is 1.25 bits per heavy atom. The van der Waals surface area contributed by atoms with Gasteiger partial charge >= 0.3 is 0 Å². The van der Waals surface area contributed by atoms with Crippen molar-refractivity contribution in [2.75, 3.05) is 0 Å². The van der Waals surface area contributed by atoms with Gasteiger partial charge in [0.1, 0.15) is 0 Å². The predicted molar refractivity (Wildman–Crippen MR) is 237 cm³/mol. The summed E-state index contributed by atoms with van der Waals surface area (Å²) in [7, 11) is 0. The lowest BCUT2D eigenvalue weighted by Crippen LogP contribution is -2.16. The van der Waals surface area contributed by atoms with Gasteiger partial charge in [0.15, 0.2) is 17.5 Å². The van der Waals surface area contributed by atoms with Crippen LogP contribution < -0.4 is 0 Å². The van der Waals surface area contributed by atoms with E-state index < -0.39 is 0 Å². The lowest BCUT2D eigenvalue weighted by molar-refractivity contribution is 0.667. The van der Waals surface area contributed by atoms with Gasteiger partial charge in [-0.15, -0.1) is 0 Å². The lowest BCUT2D eigenvalue weighted by Gasteiger charge is -2.24. The fourth-order valence-corrected chi connectivity index (χ4v) is 9.15. The van der Waals surface area contributed by atoms with Crippen molar-refractivity contribution in [2.24, 2.45) is 0 Å². The van der Waals surface area contributed by atoms with E-state index in [9.17, 15) is 0 Å². The molecule has 0 N–H and O–H groups in total. The van der Waals surface area contributed by atoms with Crippen molar-refractivity contribution < 1.29 is 0 Å². The number of benzene rings is 9. The normalized spacial score (nSPS) is 12.9. The summed E-state index contributed by atoms with van der Waals surface area (Å²) in [6.45, 7) is 4.80. The molecular weight excluding hydrogens is 691 g/mol. The second kappa shape index (κ2) is 12.9. The highest BCUT2D eigenvalue weighted by Crippen LogP contribution is 2.57. The van der Waals surface area contributed by atoms with Crippen molar-refractivity contribution >= 4 is 32.3 Å². The van der Waals surface area contributed by atoms with Crippen molar-refractivity contribution in [2.45, 2.75) is 19.3 Å². The molecule has 1 aromatic heterocycles. The van der Waals surface area contributed by atoms with Gasteiger partial charge in [-0.1, -0.05) is 196 Å². The van der Waals surface area contributed by atoms with Gasteiger partial charge in [-0.3, -0.25) is 0 Å². The Balaban J connectivity index is 1.04. The second-order valence-electron chi connectivity index (χ2n) is 15.6. The molecule has 0 radical (unpaired) electrons. The van der Waals surface area contributed by atoms with E-state index in [0.29, 0.717) is 17.5 Å². The third-order valence-electron chi connectivity index (χ3n) is 11.9. The van der Waals surface area contributed by atoms with Crippen molar-refractivity contribution in [1.82, 2.24) is 15.0 Å². The average Bonchev–Trinajstić information content (AvgIpc) is 3.53. The van der Waals surface area contributed by atoms with Crippen LogP contribution in [0.3, 0.4) is 0 Å². The number of rotatable bonds is 5. The van der Waals surface area contributed by atoms with E-state index in [-0.39, 0.29) is 5.41 Å². The number of hydrogen-bond donors (Lipinski definition) is 0. The minimum atomic E-state index is -0.207. The molecule has 57 heavy (non-hydrogen) atoms. The van der Waals surface area contributed by atoms with Crippen LogP contribution in [0.5, 0.6) is 0 Å². The standard InChI is InChI=1S/C54H37N3/c1-54(2)47-33-46(42-21-10-12-22-43(42)48(47)49-44-23-13-9-19-40(44)41-20-11-14-24-45(41)50(49)54)36-27-31-39(32-28-36)53-56-51(37-17-7-4-8-18-37)55-52(57-53)38-29-25-35(26-30-38)34-15-5-3-6-16-34/h3-33H,1-2H3. The molecule has 3 heteroatoms. The van der Waals surface area contributed by atoms with Gasteiger partial charge in [0.05, 0.1) is 0 Å². The van der Waals surface area contributed by atoms with E-state index in [2.05, 4.69) is 178 Å². The number of aromatic nitrogens is 3. The molecule has 0 spiro atoms. The third kappa shape index (κ3) is 5.31. The number of fused-ring (bicyclic) bond motifs is 10. The Hall–Kier alpha value is -7.23. The zero-order valence-electron chi connectivity index (χ0n) is 31.7. The first-order chi connectivity index (χ1) is 28.0. The quantitative estimate of drug-likeness (QED) is 0.166. The molecule has 10 aromatic rings. The number of nitrogens with zero attached hydrogens (tertiary/aromatic N) is 3. The van der Waals surface area contributed by atoms with Crippen molar-refractivity contribution in [3.63, 3.8) is 0 Å². The summed E-state index contributed by atoms with van der Waals surface area (Å²) in [5.74, 6) is 1.94. The van der Waals surface area contributed by atoms with E-state index in [1.165, 1.54) is 65.7 Å². The zero-order valence-corrected chi connectivity index (χ0v) is 31.7. The summed E-state index contributed by atoms with van der Waals surface area (Å²) in [5, 5.41) is 7.81. The van der Waals surface area contributed by atoms with E-state index in [1.54, 1.807) is 0 Å². The van der Waals surface area contributed by atoms with Crippen molar-refractivity contribution in [3.05, 3.63) is 199 Å². The van der Waals surface area contributed by atoms with Crippen LogP contribution in [0.25, 0.3) is 99.9 Å². The summed E-state index contributed by atoms with van der Waals surface area (Å²) >= 11 is 0. The molecule has 268 valence electrons. The molecule has 0 fully saturated rings. The zero-order chi connectivity index (χ0) is 38.1. The molecule has 0 unspecified atom stereocenters. The molecule has 0 amide bonds. The maximum absolute atomic E-state index is 5.07. The topological polar surface area (TPSA) is 38.7 Å². The lowest BCUT2D eigenvalue weighted by atomic mass is 9.78. The van der Waals surface area contributed by atoms with Gasteiger partial charge in [0.25, 0.3) is 0 Å². The summed E-state index contributed by atoms with van der Waals surface area (Å²) in [5.41, 5.74) is 12.9. The predicted octanol–water partition coefficient (Wildman–Crippen LogP) is 14.0. The smallest absolute Gasteiger partial charge is 0.164 e. The molecule has 1 aliphatic carbocycles.